The Bertz CT molecular complexity index is 727. The number of nitrogens with zero attached hydrogens (tertiary/aromatic N) is 1. The van der Waals surface area contributed by atoms with E-state index in [0.29, 0.717) is 18.9 Å². The van der Waals surface area contributed by atoms with Crippen LogP contribution in [0.3, 0.4) is 0 Å². The number of hydrogen-bond acceptors (Lipinski definition) is 4. The average molecular weight is 366 g/mol. The Balaban J connectivity index is 1.84. The number of anilines is 1. The van der Waals surface area contributed by atoms with Crippen molar-refractivity contribution in [1.82, 2.24) is 10.6 Å². The maximum atomic E-state index is 11.7. The fraction of sp³-hybridized carbons (Fsp3) is 0.529. The molecule has 0 aromatic heterocycles. The predicted octanol–water partition coefficient (Wildman–Crippen LogP) is 1.13. The lowest BCUT2D eigenvalue weighted by Crippen LogP contribution is -2.43. The third-order valence-electron chi connectivity index (χ3n) is 4.00. The minimum atomic E-state index is -2.92. The zero-order valence-corrected chi connectivity index (χ0v) is 15.7. The second-order valence-electron chi connectivity index (χ2n) is 6.51. The first-order chi connectivity index (χ1) is 11.8. The molecule has 1 amide bonds. The summed E-state index contributed by atoms with van der Waals surface area (Å²) in [4.78, 5) is 15.8. The summed E-state index contributed by atoms with van der Waals surface area (Å²) in [6.45, 7) is 4.25. The predicted molar refractivity (Wildman–Crippen MR) is 100 cm³/mol. The van der Waals surface area contributed by atoms with Crippen LogP contribution in [0.5, 0.6) is 0 Å². The summed E-state index contributed by atoms with van der Waals surface area (Å²) in [5.74, 6) is 0.889. The highest BCUT2D eigenvalue weighted by Crippen LogP contribution is 2.12. The van der Waals surface area contributed by atoms with Crippen LogP contribution in [-0.4, -0.2) is 44.9 Å². The molecule has 0 saturated carbocycles. The fourth-order valence-corrected chi connectivity index (χ4v) is 4.15. The van der Waals surface area contributed by atoms with E-state index in [2.05, 4.69) is 20.9 Å². The summed E-state index contributed by atoms with van der Waals surface area (Å²) < 4.78 is 23.0. The molecule has 7 nitrogen and oxygen atoms in total. The lowest BCUT2D eigenvalue weighted by molar-refractivity contribution is -0.118. The second-order valence-corrected chi connectivity index (χ2v) is 8.74. The van der Waals surface area contributed by atoms with Gasteiger partial charge in [0.05, 0.1) is 11.5 Å². The van der Waals surface area contributed by atoms with Gasteiger partial charge in [0.2, 0.25) is 5.91 Å². The maximum absolute atomic E-state index is 11.7. The van der Waals surface area contributed by atoms with E-state index in [1.165, 1.54) is 0 Å². The largest absolute Gasteiger partial charge is 0.353 e. The normalized spacial score (nSPS) is 19.7. The van der Waals surface area contributed by atoms with Crippen molar-refractivity contribution in [2.24, 2.45) is 10.9 Å². The smallest absolute Gasteiger partial charge is 0.226 e. The quantitative estimate of drug-likeness (QED) is 0.536. The lowest BCUT2D eigenvalue weighted by Gasteiger charge is -2.16. The van der Waals surface area contributed by atoms with E-state index in [9.17, 15) is 13.2 Å². The molecule has 1 fully saturated rings. The molecule has 1 unspecified atom stereocenters. The second kappa shape index (κ2) is 8.33. The van der Waals surface area contributed by atoms with Gasteiger partial charge in [-0.15, -0.1) is 0 Å². The van der Waals surface area contributed by atoms with E-state index in [1.807, 2.05) is 38.1 Å². The number of rotatable bonds is 5. The number of sulfone groups is 1. The van der Waals surface area contributed by atoms with Crippen molar-refractivity contribution < 1.29 is 13.2 Å². The molecule has 1 aliphatic rings. The van der Waals surface area contributed by atoms with Crippen LogP contribution in [0.1, 0.15) is 25.8 Å². The molecule has 0 radical (unpaired) electrons. The highest BCUT2D eigenvalue weighted by Gasteiger charge is 2.28. The highest BCUT2D eigenvalue weighted by molar-refractivity contribution is 7.91. The summed E-state index contributed by atoms with van der Waals surface area (Å²) in [7, 11) is -1.26. The number of carbonyl (C=O) groups is 1. The van der Waals surface area contributed by atoms with Gasteiger partial charge in [0.1, 0.15) is 0 Å². The molecule has 25 heavy (non-hydrogen) atoms. The average Bonchev–Trinajstić information content (AvgIpc) is 2.91. The minimum Gasteiger partial charge on any atom is -0.353 e. The lowest BCUT2D eigenvalue weighted by atomic mass is 10.1. The molecule has 1 heterocycles. The van der Waals surface area contributed by atoms with Crippen molar-refractivity contribution >= 4 is 27.4 Å². The zero-order valence-electron chi connectivity index (χ0n) is 14.9. The molecular formula is C17H26N4O3S. The molecule has 2 rings (SSSR count). The van der Waals surface area contributed by atoms with Gasteiger partial charge in [-0.3, -0.25) is 9.79 Å². The molecule has 3 N–H and O–H groups in total. The summed E-state index contributed by atoms with van der Waals surface area (Å²) >= 11 is 0. The molecule has 1 atom stereocenters. The van der Waals surface area contributed by atoms with Crippen molar-refractivity contribution in [3.05, 3.63) is 29.8 Å². The minimum absolute atomic E-state index is 0.0120. The molecule has 1 aromatic rings. The molecule has 0 bridgehead atoms. The summed E-state index contributed by atoms with van der Waals surface area (Å²) in [5, 5.41) is 9.17. The number of amides is 1. The van der Waals surface area contributed by atoms with Gasteiger partial charge in [-0.1, -0.05) is 26.0 Å². The van der Waals surface area contributed by atoms with Crippen LogP contribution in [0.4, 0.5) is 5.69 Å². The van der Waals surface area contributed by atoms with Crippen LogP contribution in [0.2, 0.25) is 0 Å². The first-order valence-electron chi connectivity index (χ1n) is 8.36. The van der Waals surface area contributed by atoms with E-state index in [0.717, 1.165) is 11.3 Å². The van der Waals surface area contributed by atoms with E-state index in [1.54, 1.807) is 7.05 Å². The van der Waals surface area contributed by atoms with Crippen molar-refractivity contribution in [3.8, 4) is 0 Å². The molecule has 138 valence electrons. The summed E-state index contributed by atoms with van der Waals surface area (Å²) in [6, 6.07) is 7.48. The Hall–Kier alpha value is -2.09. The topological polar surface area (TPSA) is 99.7 Å². The number of carbonyl (C=O) groups excluding carboxylic acids is 1. The molecule has 8 heteroatoms. The van der Waals surface area contributed by atoms with Crippen LogP contribution in [-0.2, 0) is 21.2 Å². The van der Waals surface area contributed by atoms with E-state index < -0.39 is 9.84 Å². The van der Waals surface area contributed by atoms with Crippen molar-refractivity contribution in [3.63, 3.8) is 0 Å². The molecular weight excluding hydrogens is 340 g/mol. The van der Waals surface area contributed by atoms with Gasteiger partial charge < -0.3 is 16.0 Å². The summed E-state index contributed by atoms with van der Waals surface area (Å²) in [5.41, 5.74) is 1.80. The van der Waals surface area contributed by atoms with Gasteiger partial charge >= 0.3 is 0 Å². The molecule has 1 aliphatic heterocycles. The van der Waals surface area contributed by atoms with Gasteiger partial charge in [-0.25, -0.2) is 8.42 Å². The molecule has 0 spiro atoms. The van der Waals surface area contributed by atoms with E-state index in [4.69, 9.17) is 0 Å². The third kappa shape index (κ3) is 6.04. The number of hydrogen-bond donors (Lipinski definition) is 3. The van der Waals surface area contributed by atoms with Crippen molar-refractivity contribution in [2.75, 3.05) is 23.9 Å². The monoisotopic (exact) mass is 366 g/mol. The van der Waals surface area contributed by atoms with Gasteiger partial charge in [-0.2, -0.15) is 0 Å². The van der Waals surface area contributed by atoms with E-state index >= 15 is 0 Å². The fourth-order valence-electron chi connectivity index (χ4n) is 2.48. The third-order valence-corrected chi connectivity index (χ3v) is 5.77. The Morgan fingerprint density at radius 2 is 1.96 bits per heavy atom. The molecule has 0 aliphatic carbocycles. The van der Waals surface area contributed by atoms with Crippen molar-refractivity contribution in [2.45, 2.75) is 32.9 Å². The van der Waals surface area contributed by atoms with Crippen molar-refractivity contribution in [1.29, 1.82) is 0 Å². The van der Waals surface area contributed by atoms with Gasteiger partial charge in [-0.05, 0) is 24.1 Å². The van der Waals surface area contributed by atoms with Crippen LogP contribution in [0.25, 0.3) is 0 Å². The van der Waals surface area contributed by atoms with Crippen LogP contribution in [0, 0.1) is 5.92 Å². The Morgan fingerprint density at radius 1 is 1.28 bits per heavy atom. The molecule has 1 saturated heterocycles. The van der Waals surface area contributed by atoms with E-state index in [-0.39, 0.29) is 29.4 Å². The highest BCUT2D eigenvalue weighted by atomic mass is 32.2. The number of guanidine groups is 1. The zero-order chi connectivity index (χ0) is 18.4. The number of nitrogens with one attached hydrogen (secondary N) is 3. The van der Waals surface area contributed by atoms with Crippen LogP contribution in [0.15, 0.2) is 29.3 Å². The van der Waals surface area contributed by atoms with Gasteiger partial charge in [0.15, 0.2) is 15.8 Å². The SMILES string of the molecule is CN=C(NCc1ccc(NC(=O)C(C)C)cc1)NC1CCS(=O)(=O)C1. The molecule has 1 aromatic carbocycles. The number of benzene rings is 1. The Kier molecular flexibility index (Phi) is 6.41. The Labute approximate surface area is 149 Å². The van der Waals surface area contributed by atoms with Crippen LogP contribution < -0.4 is 16.0 Å². The first-order valence-corrected chi connectivity index (χ1v) is 10.2. The van der Waals surface area contributed by atoms with Crippen LogP contribution >= 0.6 is 0 Å². The maximum Gasteiger partial charge on any atom is 0.226 e. The first kappa shape index (κ1) is 19.2. The van der Waals surface area contributed by atoms with Gasteiger partial charge in [0, 0.05) is 31.2 Å². The van der Waals surface area contributed by atoms with Gasteiger partial charge in [0.25, 0.3) is 0 Å². The Morgan fingerprint density at radius 3 is 2.48 bits per heavy atom. The standard InChI is InChI=1S/C17H26N4O3S/c1-12(2)16(22)20-14-6-4-13(5-7-14)10-19-17(18-3)21-15-8-9-25(23,24)11-15/h4-7,12,15H,8-11H2,1-3H3,(H,20,22)(H2,18,19,21). The summed E-state index contributed by atoms with van der Waals surface area (Å²) in [6.07, 6.45) is 0.604. The number of aliphatic imine (C=N–C) groups is 1.